The van der Waals surface area contributed by atoms with Crippen molar-refractivity contribution < 1.29 is 28.7 Å². The Morgan fingerprint density at radius 1 is 0.709 bits per heavy atom. The molecule has 7 rings (SSSR count). The van der Waals surface area contributed by atoms with Crippen molar-refractivity contribution in [3.63, 3.8) is 0 Å². The number of hydrogen-bond donors (Lipinski definition) is 4. The summed E-state index contributed by atoms with van der Waals surface area (Å²) < 4.78 is 9.47. The number of benzene rings is 3. The molecule has 14 nitrogen and oxygen atoms in total. The van der Waals surface area contributed by atoms with Gasteiger partial charge in [0.15, 0.2) is 0 Å². The fraction of sp³-hybridized carbons (Fsp3) is 0.415. The Labute approximate surface area is 319 Å². The molecule has 0 saturated carbocycles. The summed E-state index contributed by atoms with van der Waals surface area (Å²) in [5.41, 5.74) is 7.59. The fourth-order valence-corrected chi connectivity index (χ4v) is 7.81. The first-order chi connectivity index (χ1) is 26.6. The standard InChI is InChI=1S/C41H48N8O6/c1-6-23(2)35(47-41(53)55-5)39(51)49-20-8-10-34(49)37-44-30-18-16-28(22-32(30)46-37)26-13-11-25(12-14-26)27-15-17-29-31(21-27)45-36(43-29)33-9-7-19-48(33)38(50)24(3)42-40(52)54-4/h11-18,21-24,33-35H,6-10,19-20H2,1-5H3,(H,42,52)(H,43,45)(H,44,46)(H,47,53)/t23?,24?,33-,34-,35-/m0/s1. The molecule has 2 fully saturated rings. The zero-order valence-corrected chi connectivity index (χ0v) is 31.8. The van der Waals surface area contributed by atoms with E-state index in [0.29, 0.717) is 13.1 Å². The van der Waals surface area contributed by atoms with Crippen LogP contribution in [0.5, 0.6) is 0 Å². The van der Waals surface area contributed by atoms with Crippen molar-refractivity contribution in [1.82, 2.24) is 40.4 Å². The van der Waals surface area contributed by atoms with Crippen molar-refractivity contribution in [2.24, 2.45) is 5.92 Å². The molecule has 4 N–H and O–H groups in total. The topological polar surface area (TPSA) is 175 Å². The molecule has 55 heavy (non-hydrogen) atoms. The van der Waals surface area contributed by atoms with Gasteiger partial charge in [0.2, 0.25) is 11.8 Å². The summed E-state index contributed by atoms with van der Waals surface area (Å²) in [4.78, 5) is 71.0. The molecule has 14 heteroatoms. The van der Waals surface area contributed by atoms with Gasteiger partial charge in [-0.2, -0.15) is 0 Å². The minimum Gasteiger partial charge on any atom is -0.453 e. The second kappa shape index (κ2) is 15.8. The highest BCUT2D eigenvalue weighted by Gasteiger charge is 2.38. The summed E-state index contributed by atoms with van der Waals surface area (Å²) in [6, 6.07) is 18.9. The summed E-state index contributed by atoms with van der Waals surface area (Å²) in [5, 5.41) is 5.32. The monoisotopic (exact) mass is 748 g/mol. The maximum Gasteiger partial charge on any atom is 0.407 e. The number of imidazole rings is 2. The Balaban J connectivity index is 1.06. The Morgan fingerprint density at radius 3 is 1.64 bits per heavy atom. The molecule has 2 saturated heterocycles. The Bertz CT molecular complexity index is 2210. The third kappa shape index (κ3) is 7.58. The quantitative estimate of drug-likeness (QED) is 0.123. The molecule has 0 bridgehead atoms. The summed E-state index contributed by atoms with van der Waals surface area (Å²) in [6.07, 6.45) is 2.74. The van der Waals surface area contributed by atoms with Crippen molar-refractivity contribution in [2.75, 3.05) is 27.3 Å². The zero-order chi connectivity index (χ0) is 38.8. The number of carbonyl (C=O) groups is 4. The van der Waals surface area contributed by atoms with Crippen LogP contribution in [0.2, 0.25) is 0 Å². The molecule has 3 aromatic carbocycles. The van der Waals surface area contributed by atoms with E-state index in [1.54, 1.807) is 11.8 Å². The number of alkyl carbamates (subject to hydrolysis) is 2. The van der Waals surface area contributed by atoms with Crippen LogP contribution in [-0.2, 0) is 19.1 Å². The first kappa shape index (κ1) is 37.4. The van der Waals surface area contributed by atoms with Crippen molar-refractivity contribution in [2.45, 2.75) is 77.0 Å². The SMILES string of the molecule is CCC(C)[C@H](NC(=O)OC)C(=O)N1CCC[C@H]1c1nc2ccc(-c3ccc(-c4ccc5nc([C@@H]6CCCN6C(=O)C(C)NC(=O)OC)[nH]c5c4)cc3)cc2[nH]1. The number of nitrogens with zero attached hydrogens (tertiary/aromatic N) is 4. The predicted molar refractivity (Wildman–Crippen MR) is 208 cm³/mol. The molecule has 4 amide bonds. The van der Waals surface area contributed by atoms with E-state index in [0.717, 1.165) is 88.1 Å². The van der Waals surface area contributed by atoms with Crippen LogP contribution in [-0.4, -0.2) is 93.1 Å². The van der Waals surface area contributed by atoms with Crippen molar-refractivity contribution in [1.29, 1.82) is 0 Å². The van der Waals surface area contributed by atoms with E-state index in [1.165, 1.54) is 14.2 Å². The Hall–Kier alpha value is -5.92. The number of hydrogen-bond acceptors (Lipinski definition) is 8. The van der Waals surface area contributed by atoms with Gasteiger partial charge < -0.3 is 39.9 Å². The molecule has 288 valence electrons. The number of amides is 4. The molecule has 4 heterocycles. The predicted octanol–water partition coefficient (Wildman–Crippen LogP) is 6.62. The number of methoxy groups -OCH3 is 2. The number of likely N-dealkylation sites (tertiary alicyclic amines) is 2. The number of aromatic amines is 2. The normalized spacial score (nSPS) is 18.6. The van der Waals surface area contributed by atoms with Gasteiger partial charge in [-0.25, -0.2) is 19.6 Å². The third-order valence-electron chi connectivity index (χ3n) is 11.1. The number of aromatic nitrogens is 4. The lowest BCUT2D eigenvalue weighted by atomic mass is 9.97. The lowest BCUT2D eigenvalue weighted by Crippen LogP contribution is -2.51. The van der Waals surface area contributed by atoms with E-state index in [4.69, 9.17) is 14.7 Å². The third-order valence-corrected chi connectivity index (χ3v) is 11.1. The lowest BCUT2D eigenvalue weighted by molar-refractivity contribution is -0.136. The molecular weight excluding hydrogens is 701 g/mol. The average molecular weight is 749 g/mol. The second-order valence-corrected chi connectivity index (χ2v) is 14.5. The van der Waals surface area contributed by atoms with Gasteiger partial charge in [-0.05, 0) is 85.0 Å². The first-order valence-corrected chi connectivity index (χ1v) is 19.0. The highest BCUT2D eigenvalue weighted by Crippen LogP contribution is 2.36. The molecule has 0 spiro atoms. The molecule has 2 aromatic heterocycles. The fourth-order valence-electron chi connectivity index (χ4n) is 7.81. The van der Waals surface area contributed by atoms with E-state index in [9.17, 15) is 19.2 Å². The molecule has 2 unspecified atom stereocenters. The minimum atomic E-state index is -0.710. The van der Waals surface area contributed by atoms with Gasteiger partial charge in [0.05, 0.1) is 48.4 Å². The summed E-state index contributed by atoms with van der Waals surface area (Å²) in [5.74, 6) is 1.12. The number of carbonyl (C=O) groups excluding carboxylic acids is 4. The van der Waals surface area contributed by atoms with E-state index in [1.807, 2.05) is 36.9 Å². The van der Waals surface area contributed by atoms with Crippen LogP contribution < -0.4 is 10.6 Å². The average Bonchev–Trinajstić information content (AvgIpc) is 4.04. The van der Waals surface area contributed by atoms with Crippen molar-refractivity contribution in [3.8, 4) is 22.3 Å². The van der Waals surface area contributed by atoms with Crippen LogP contribution in [0.15, 0.2) is 60.7 Å². The van der Waals surface area contributed by atoms with Gasteiger partial charge in [0, 0.05) is 13.1 Å². The van der Waals surface area contributed by atoms with Crippen LogP contribution in [0, 0.1) is 5.92 Å². The molecule has 5 atom stereocenters. The van der Waals surface area contributed by atoms with E-state index >= 15 is 0 Å². The van der Waals surface area contributed by atoms with E-state index < -0.39 is 24.3 Å². The minimum absolute atomic E-state index is 0.0563. The summed E-state index contributed by atoms with van der Waals surface area (Å²) >= 11 is 0. The van der Waals surface area contributed by atoms with Gasteiger partial charge in [-0.1, -0.05) is 56.7 Å². The van der Waals surface area contributed by atoms with Crippen LogP contribution >= 0.6 is 0 Å². The number of rotatable bonds is 10. The zero-order valence-electron chi connectivity index (χ0n) is 31.8. The molecular formula is C41H48N8O6. The van der Waals surface area contributed by atoms with E-state index in [2.05, 4.69) is 67.8 Å². The Kier molecular flexibility index (Phi) is 10.8. The molecule has 5 aromatic rings. The molecule has 2 aliphatic rings. The van der Waals surface area contributed by atoms with E-state index in [-0.39, 0.29) is 29.8 Å². The maximum atomic E-state index is 13.8. The first-order valence-electron chi connectivity index (χ1n) is 19.0. The number of nitrogens with one attached hydrogen (secondary N) is 4. The van der Waals surface area contributed by atoms with Crippen LogP contribution in [0.3, 0.4) is 0 Å². The largest absolute Gasteiger partial charge is 0.453 e. The Morgan fingerprint density at radius 2 is 1.16 bits per heavy atom. The smallest absolute Gasteiger partial charge is 0.407 e. The van der Waals surface area contributed by atoms with Crippen LogP contribution in [0.1, 0.15) is 76.6 Å². The van der Waals surface area contributed by atoms with Crippen LogP contribution in [0.4, 0.5) is 9.59 Å². The highest BCUT2D eigenvalue weighted by molar-refractivity contribution is 5.88. The highest BCUT2D eigenvalue weighted by atomic mass is 16.5. The number of fused-ring (bicyclic) bond motifs is 2. The molecule has 0 aliphatic carbocycles. The van der Waals surface area contributed by atoms with Gasteiger partial charge in [0.25, 0.3) is 0 Å². The second-order valence-electron chi connectivity index (χ2n) is 14.5. The summed E-state index contributed by atoms with van der Waals surface area (Å²) in [7, 11) is 2.57. The number of ether oxygens (including phenoxy) is 2. The molecule has 2 aliphatic heterocycles. The van der Waals surface area contributed by atoms with Gasteiger partial charge in [-0.15, -0.1) is 0 Å². The van der Waals surface area contributed by atoms with Crippen molar-refractivity contribution >= 4 is 46.1 Å². The maximum absolute atomic E-state index is 13.8. The van der Waals surface area contributed by atoms with Gasteiger partial charge in [0.1, 0.15) is 23.7 Å². The van der Waals surface area contributed by atoms with Crippen molar-refractivity contribution in [3.05, 3.63) is 72.3 Å². The van der Waals surface area contributed by atoms with Gasteiger partial charge >= 0.3 is 12.2 Å². The van der Waals surface area contributed by atoms with Crippen LogP contribution in [0.25, 0.3) is 44.3 Å². The molecule has 0 radical (unpaired) electrons. The van der Waals surface area contributed by atoms with Gasteiger partial charge in [-0.3, -0.25) is 9.59 Å². The lowest BCUT2D eigenvalue weighted by Gasteiger charge is -2.30. The number of H-pyrrole nitrogens is 2. The summed E-state index contributed by atoms with van der Waals surface area (Å²) in [6.45, 7) is 6.81.